The van der Waals surface area contributed by atoms with Gasteiger partial charge in [0.05, 0.1) is 11.8 Å². The molecule has 2 unspecified atom stereocenters. The summed E-state index contributed by atoms with van der Waals surface area (Å²) in [5.41, 5.74) is 0. The van der Waals surface area contributed by atoms with E-state index in [0.29, 0.717) is 0 Å². The van der Waals surface area contributed by atoms with Crippen LogP contribution in [0, 0.1) is 11.8 Å². The fraction of sp³-hybridized carbons (Fsp3) is 0.429. The summed E-state index contributed by atoms with van der Waals surface area (Å²) in [6, 6.07) is 0. The molecule has 0 saturated heterocycles. The zero-order valence-electron chi connectivity index (χ0n) is 6.15. The fourth-order valence-electron chi connectivity index (χ4n) is 0.672. The summed E-state index contributed by atoms with van der Waals surface area (Å²) in [7, 11) is 0. The van der Waals surface area contributed by atoms with Gasteiger partial charge < -0.3 is 10.2 Å². The first-order valence-corrected chi connectivity index (χ1v) is 3.09. The van der Waals surface area contributed by atoms with E-state index in [9.17, 15) is 9.59 Å². The van der Waals surface area contributed by atoms with Crippen molar-refractivity contribution in [1.29, 1.82) is 0 Å². The molecule has 0 aliphatic rings. The van der Waals surface area contributed by atoms with Crippen molar-refractivity contribution in [3.8, 4) is 0 Å². The van der Waals surface area contributed by atoms with Crippen molar-refractivity contribution in [2.24, 2.45) is 11.8 Å². The van der Waals surface area contributed by atoms with E-state index in [1.54, 1.807) is 0 Å². The second kappa shape index (κ2) is 3.75. The van der Waals surface area contributed by atoms with E-state index in [-0.39, 0.29) is 0 Å². The molecule has 0 aromatic rings. The lowest BCUT2D eigenvalue weighted by Gasteiger charge is -2.10. The van der Waals surface area contributed by atoms with Crippen LogP contribution in [0.2, 0.25) is 0 Å². The SMILES string of the molecule is C=CC(C(=O)O)C(C)C(=O)O. The van der Waals surface area contributed by atoms with Crippen LogP contribution in [0.5, 0.6) is 0 Å². The second-order valence-electron chi connectivity index (χ2n) is 2.23. The van der Waals surface area contributed by atoms with Gasteiger partial charge in [-0.25, -0.2) is 0 Å². The van der Waals surface area contributed by atoms with Crippen molar-refractivity contribution in [2.45, 2.75) is 6.92 Å². The Kier molecular flexibility index (Phi) is 3.30. The maximum absolute atomic E-state index is 10.3. The molecule has 0 saturated carbocycles. The molecule has 62 valence electrons. The third kappa shape index (κ3) is 2.41. The van der Waals surface area contributed by atoms with Crippen molar-refractivity contribution in [3.05, 3.63) is 12.7 Å². The summed E-state index contributed by atoms with van der Waals surface area (Å²) in [4.78, 5) is 20.6. The minimum atomic E-state index is -1.16. The molecule has 0 rings (SSSR count). The first-order chi connectivity index (χ1) is 5.00. The van der Waals surface area contributed by atoms with Crippen molar-refractivity contribution in [2.75, 3.05) is 0 Å². The third-order valence-electron chi connectivity index (χ3n) is 1.47. The zero-order chi connectivity index (χ0) is 9.02. The molecule has 0 aliphatic carbocycles. The average molecular weight is 158 g/mol. The number of carbonyl (C=O) groups is 2. The molecule has 2 N–H and O–H groups in total. The van der Waals surface area contributed by atoms with Crippen LogP contribution >= 0.6 is 0 Å². The summed E-state index contributed by atoms with van der Waals surface area (Å²) in [6.45, 7) is 4.58. The molecular weight excluding hydrogens is 148 g/mol. The lowest BCUT2D eigenvalue weighted by molar-refractivity contribution is -0.151. The van der Waals surface area contributed by atoms with E-state index < -0.39 is 23.8 Å². The highest BCUT2D eigenvalue weighted by Crippen LogP contribution is 2.12. The second-order valence-corrected chi connectivity index (χ2v) is 2.23. The van der Waals surface area contributed by atoms with Gasteiger partial charge in [0.25, 0.3) is 0 Å². The topological polar surface area (TPSA) is 74.6 Å². The minimum Gasteiger partial charge on any atom is -0.481 e. The Morgan fingerprint density at radius 2 is 1.82 bits per heavy atom. The Labute approximate surface area is 64.2 Å². The minimum absolute atomic E-state index is 0.926. The van der Waals surface area contributed by atoms with E-state index in [1.807, 2.05) is 0 Å². The monoisotopic (exact) mass is 158 g/mol. The van der Waals surface area contributed by atoms with Crippen molar-refractivity contribution < 1.29 is 19.8 Å². The van der Waals surface area contributed by atoms with Gasteiger partial charge in [0.15, 0.2) is 0 Å². The molecule has 0 aromatic heterocycles. The van der Waals surface area contributed by atoms with Crippen LogP contribution in [0.15, 0.2) is 12.7 Å². The highest BCUT2D eigenvalue weighted by atomic mass is 16.4. The number of carboxylic acids is 2. The fourth-order valence-corrected chi connectivity index (χ4v) is 0.672. The smallest absolute Gasteiger partial charge is 0.311 e. The summed E-state index contributed by atoms with van der Waals surface area (Å²) in [5, 5.41) is 16.9. The molecule has 0 fully saturated rings. The molecule has 2 atom stereocenters. The molecule has 11 heavy (non-hydrogen) atoms. The summed E-state index contributed by atoms with van der Waals surface area (Å²) < 4.78 is 0. The summed E-state index contributed by atoms with van der Waals surface area (Å²) in [5.74, 6) is -4.22. The van der Waals surface area contributed by atoms with E-state index in [2.05, 4.69) is 6.58 Å². The van der Waals surface area contributed by atoms with E-state index in [0.717, 1.165) is 6.08 Å². The molecule has 4 heteroatoms. The Morgan fingerprint density at radius 1 is 1.36 bits per heavy atom. The molecule has 0 amide bonds. The highest BCUT2D eigenvalue weighted by Gasteiger charge is 2.26. The maximum Gasteiger partial charge on any atom is 0.311 e. The first kappa shape index (κ1) is 9.68. The molecular formula is C7H10O4. The highest BCUT2D eigenvalue weighted by molar-refractivity contribution is 5.81. The van der Waals surface area contributed by atoms with E-state index in [4.69, 9.17) is 10.2 Å². The number of aliphatic carboxylic acids is 2. The number of rotatable bonds is 4. The standard InChI is InChI=1S/C7H10O4/c1-3-5(7(10)11)4(2)6(8)9/h3-5H,1H2,2H3,(H,8,9)(H,10,11). The maximum atomic E-state index is 10.3. The van der Waals surface area contributed by atoms with Crippen molar-refractivity contribution in [3.63, 3.8) is 0 Å². The molecule has 0 bridgehead atoms. The van der Waals surface area contributed by atoms with E-state index >= 15 is 0 Å². The summed E-state index contributed by atoms with van der Waals surface area (Å²) >= 11 is 0. The summed E-state index contributed by atoms with van der Waals surface area (Å²) in [6.07, 6.45) is 1.13. The predicted molar refractivity (Wildman–Crippen MR) is 38.1 cm³/mol. The lowest BCUT2D eigenvalue weighted by Crippen LogP contribution is -2.25. The van der Waals surface area contributed by atoms with Gasteiger partial charge in [-0.2, -0.15) is 0 Å². The first-order valence-electron chi connectivity index (χ1n) is 3.09. The number of hydrogen-bond acceptors (Lipinski definition) is 2. The van der Waals surface area contributed by atoms with Crippen LogP contribution in [0.1, 0.15) is 6.92 Å². The number of hydrogen-bond donors (Lipinski definition) is 2. The zero-order valence-corrected chi connectivity index (χ0v) is 6.15. The van der Waals surface area contributed by atoms with Gasteiger partial charge in [0.1, 0.15) is 0 Å². The molecule has 0 aromatic carbocycles. The largest absolute Gasteiger partial charge is 0.481 e. The van der Waals surface area contributed by atoms with Crippen molar-refractivity contribution in [1.82, 2.24) is 0 Å². The third-order valence-corrected chi connectivity index (χ3v) is 1.47. The van der Waals surface area contributed by atoms with Crippen molar-refractivity contribution >= 4 is 11.9 Å². The van der Waals surface area contributed by atoms with Gasteiger partial charge in [0, 0.05) is 0 Å². The Bertz CT molecular complexity index is 185. The van der Waals surface area contributed by atoms with Gasteiger partial charge in [-0.15, -0.1) is 6.58 Å². The van der Waals surface area contributed by atoms with Crippen LogP contribution < -0.4 is 0 Å². The lowest BCUT2D eigenvalue weighted by atomic mass is 9.95. The van der Waals surface area contributed by atoms with E-state index in [1.165, 1.54) is 6.92 Å². The van der Waals surface area contributed by atoms with Crippen LogP contribution in [-0.4, -0.2) is 22.2 Å². The molecule has 0 spiro atoms. The van der Waals surface area contributed by atoms with Crippen LogP contribution in [0.4, 0.5) is 0 Å². The Morgan fingerprint density at radius 3 is 1.91 bits per heavy atom. The Balaban J connectivity index is 4.37. The molecule has 0 radical (unpaired) electrons. The molecule has 0 aliphatic heterocycles. The molecule has 4 nitrogen and oxygen atoms in total. The average Bonchev–Trinajstić information content (AvgIpc) is 1.88. The van der Waals surface area contributed by atoms with Gasteiger partial charge in [-0.1, -0.05) is 13.0 Å². The quantitative estimate of drug-likeness (QED) is 0.587. The van der Waals surface area contributed by atoms with Gasteiger partial charge in [-0.05, 0) is 0 Å². The predicted octanol–water partition coefficient (Wildman–Crippen LogP) is 0.594. The molecule has 0 heterocycles. The van der Waals surface area contributed by atoms with Gasteiger partial charge in [0.2, 0.25) is 0 Å². The number of carboxylic acid groups (broad SMARTS) is 2. The van der Waals surface area contributed by atoms with Gasteiger partial charge >= 0.3 is 11.9 Å². The normalized spacial score (nSPS) is 15.0. The van der Waals surface area contributed by atoms with Crippen LogP contribution in [0.25, 0.3) is 0 Å². The van der Waals surface area contributed by atoms with Gasteiger partial charge in [-0.3, -0.25) is 9.59 Å². The van der Waals surface area contributed by atoms with Crippen LogP contribution in [0.3, 0.4) is 0 Å². The Hall–Kier alpha value is -1.32. The van der Waals surface area contributed by atoms with Crippen LogP contribution in [-0.2, 0) is 9.59 Å².